The third kappa shape index (κ3) is 1.85. The molecule has 1 atom stereocenters. The molecule has 0 aliphatic rings. The summed E-state index contributed by atoms with van der Waals surface area (Å²) in [5.41, 5.74) is 6.63. The monoisotopic (exact) mass is 170 g/mol. The summed E-state index contributed by atoms with van der Waals surface area (Å²) in [5, 5.41) is 9.52. The topological polar surface area (TPSA) is 46.2 Å². The van der Waals surface area contributed by atoms with E-state index in [0.717, 1.165) is 0 Å². The minimum atomic E-state index is -0.741. The van der Waals surface area contributed by atoms with Crippen LogP contribution >= 0.6 is 11.6 Å². The zero-order chi connectivity index (χ0) is 8.43. The van der Waals surface area contributed by atoms with Crippen molar-refractivity contribution in [2.75, 3.05) is 5.73 Å². The molecule has 1 unspecified atom stereocenters. The molecule has 0 heterocycles. The zero-order valence-electron chi connectivity index (χ0n) is 5.92. The van der Waals surface area contributed by atoms with Gasteiger partial charge in [0.1, 0.15) is 0 Å². The van der Waals surface area contributed by atoms with Crippen LogP contribution in [-0.4, -0.2) is 5.11 Å². The number of hydrogen-bond donors (Lipinski definition) is 2. The van der Waals surface area contributed by atoms with E-state index < -0.39 is 6.10 Å². The highest BCUT2D eigenvalue weighted by atomic mass is 35.5. The van der Waals surface area contributed by atoms with Crippen molar-refractivity contribution in [1.82, 2.24) is 0 Å². The Bertz CT molecular complexity index is 260. The fourth-order valence-corrected chi connectivity index (χ4v) is 0.887. The van der Waals surface area contributed by atoms with E-state index in [9.17, 15) is 0 Å². The van der Waals surface area contributed by atoms with Crippen LogP contribution in [-0.2, 0) is 0 Å². The maximum atomic E-state index is 9.03. The minimum Gasteiger partial charge on any atom is -0.398 e. The molecular formula is C8H9ClNO. The molecule has 0 amide bonds. The smallest absolute Gasteiger partial charge is 0.0791 e. The Kier molecular flexibility index (Phi) is 2.37. The number of nitrogens with two attached hydrogens (primary N) is 1. The van der Waals surface area contributed by atoms with Crippen LogP contribution in [0.4, 0.5) is 5.69 Å². The van der Waals surface area contributed by atoms with Crippen LogP contribution in [0.2, 0.25) is 5.02 Å². The van der Waals surface area contributed by atoms with Gasteiger partial charge in [0, 0.05) is 0 Å². The van der Waals surface area contributed by atoms with Crippen LogP contribution in [0.3, 0.4) is 0 Å². The van der Waals surface area contributed by atoms with Crippen molar-refractivity contribution in [1.29, 1.82) is 0 Å². The Labute approximate surface area is 70.6 Å². The highest BCUT2D eigenvalue weighted by Crippen LogP contribution is 2.22. The number of halogens is 1. The average Bonchev–Trinajstić information content (AvgIpc) is 1.94. The molecule has 0 aromatic heterocycles. The van der Waals surface area contributed by atoms with Crippen LogP contribution in [0.5, 0.6) is 0 Å². The normalized spacial score (nSPS) is 13.0. The lowest BCUT2D eigenvalue weighted by Crippen LogP contribution is -1.94. The summed E-state index contributed by atoms with van der Waals surface area (Å²) in [6.45, 7) is 3.44. The number of aliphatic hydroxyl groups is 1. The van der Waals surface area contributed by atoms with Crippen LogP contribution < -0.4 is 5.73 Å². The van der Waals surface area contributed by atoms with Gasteiger partial charge in [0.25, 0.3) is 0 Å². The molecule has 11 heavy (non-hydrogen) atoms. The molecule has 0 aliphatic carbocycles. The second kappa shape index (κ2) is 3.11. The Hall–Kier alpha value is -0.730. The highest BCUT2D eigenvalue weighted by Gasteiger charge is 2.02. The predicted molar refractivity (Wildman–Crippen MR) is 46.2 cm³/mol. The van der Waals surface area contributed by atoms with Crippen molar-refractivity contribution in [3.63, 3.8) is 0 Å². The van der Waals surface area contributed by atoms with Gasteiger partial charge in [-0.2, -0.15) is 0 Å². The Morgan fingerprint density at radius 2 is 2.18 bits per heavy atom. The first-order chi connectivity index (χ1) is 5.11. The molecule has 3 N–H and O–H groups in total. The summed E-state index contributed by atoms with van der Waals surface area (Å²) in [7, 11) is 0. The molecule has 0 bridgehead atoms. The van der Waals surface area contributed by atoms with Crippen LogP contribution in [0, 0.1) is 6.92 Å². The molecule has 0 saturated heterocycles. The van der Waals surface area contributed by atoms with Crippen LogP contribution in [0.15, 0.2) is 18.2 Å². The first-order valence-electron chi connectivity index (χ1n) is 3.17. The van der Waals surface area contributed by atoms with Crippen molar-refractivity contribution in [2.24, 2.45) is 0 Å². The van der Waals surface area contributed by atoms with Gasteiger partial charge in [0.05, 0.1) is 16.8 Å². The molecule has 0 fully saturated rings. The third-order valence-corrected chi connectivity index (χ3v) is 1.75. The molecule has 3 heteroatoms. The van der Waals surface area contributed by atoms with E-state index in [1.165, 1.54) is 0 Å². The van der Waals surface area contributed by atoms with E-state index in [2.05, 4.69) is 6.92 Å². The fourth-order valence-electron chi connectivity index (χ4n) is 0.769. The van der Waals surface area contributed by atoms with Gasteiger partial charge in [-0.05, 0) is 24.6 Å². The minimum absolute atomic E-state index is 0.465. The predicted octanol–water partition coefficient (Wildman–Crippen LogP) is 1.79. The van der Waals surface area contributed by atoms with Gasteiger partial charge in [-0.25, -0.2) is 0 Å². The van der Waals surface area contributed by atoms with E-state index in [0.29, 0.717) is 16.3 Å². The number of hydrogen-bond acceptors (Lipinski definition) is 2. The third-order valence-electron chi connectivity index (χ3n) is 1.40. The maximum Gasteiger partial charge on any atom is 0.0791 e. The fraction of sp³-hybridized carbons (Fsp3) is 0.125. The van der Waals surface area contributed by atoms with Gasteiger partial charge >= 0.3 is 0 Å². The van der Waals surface area contributed by atoms with Gasteiger partial charge in [0.2, 0.25) is 0 Å². The second-order valence-corrected chi connectivity index (χ2v) is 2.70. The maximum absolute atomic E-state index is 9.03. The largest absolute Gasteiger partial charge is 0.398 e. The SMILES string of the molecule is [CH2]C(O)c1ccc(Cl)c(N)c1. The van der Waals surface area contributed by atoms with Gasteiger partial charge in [-0.3, -0.25) is 0 Å². The second-order valence-electron chi connectivity index (χ2n) is 2.30. The molecular weight excluding hydrogens is 162 g/mol. The standard InChI is InChI=1S/C8H9ClNO/c1-5(11)6-2-3-7(9)8(10)4-6/h2-5,11H,1,10H2. The van der Waals surface area contributed by atoms with E-state index in [1.807, 2.05) is 0 Å². The Morgan fingerprint density at radius 1 is 1.55 bits per heavy atom. The van der Waals surface area contributed by atoms with E-state index in [1.54, 1.807) is 18.2 Å². The number of anilines is 1. The summed E-state index contributed by atoms with van der Waals surface area (Å²) >= 11 is 5.66. The van der Waals surface area contributed by atoms with Crippen molar-refractivity contribution in [2.45, 2.75) is 6.10 Å². The summed E-state index contributed by atoms with van der Waals surface area (Å²) < 4.78 is 0. The average molecular weight is 171 g/mol. The van der Waals surface area contributed by atoms with Gasteiger partial charge < -0.3 is 10.8 Å². The molecule has 1 radical (unpaired) electrons. The lowest BCUT2D eigenvalue weighted by atomic mass is 10.1. The molecule has 1 rings (SSSR count). The summed E-state index contributed by atoms with van der Waals surface area (Å²) in [6, 6.07) is 4.94. The number of rotatable bonds is 1. The van der Waals surface area contributed by atoms with Crippen molar-refractivity contribution >= 4 is 17.3 Å². The Balaban J connectivity index is 3.05. The molecule has 1 aromatic carbocycles. The number of nitrogen functional groups attached to an aromatic ring is 1. The quantitative estimate of drug-likeness (QED) is 0.632. The van der Waals surface area contributed by atoms with Crippen molar-refractivity contribution in [3.8, 4) is 0 Å². The molecule has 0 aliphatic heterocycles. The zero-order valence-corrected chi connectivity index (χ0v) is 6.67. The van der Waals surface area contributed by atoms with E-state index in [-0.39, 0.29) is 0 Å². The van der Waals surface area contributed by atoms with Gasteiger partial charge in [-0.1, -0.05) is 17.7 Å². The lowest BCUT2D eigenvalue weighted by molar-refractivity contribution is 0.226. The van der Waals surface area contributed by atoms with Crippen molar-refractivity contribution < 1.29 is 5.11 Å². The molecule has 0 spiro atoms. The Morgan fingerprint density at radius 3 is 2.64 bits per heavy atom. The van der Waals surface area contributed by atoms with E-state index >= 15 is 0 Å². The summed E-state index contributed by atoms with van der Waals surface area (Å²) in [4.78, 5) is 0. The molecule has 2 nitrogen and oxygen atoms in total. The first-order valence-corrected chi connectivity index (χ1v) is 3.55. The van der Waals surface area contributed by atoms with Crippen LogP contribution in [0.1, 0.15) is 11.7 Å². The van der Waals surface area contributed by atoms with Gasteiger partial charge in [0.15, 0.2) is 0 Å². The molecule has 59 valence electrons. The van der Waals surface area contributed by atoms with Crippen molar-refractivity contribution in [3.05, 3.63) is 35.7 Å². The van der Waals surface area contributed by atoms with Gasteiger partial charge in [-0.15, -0.1) is 0 Å². The first kappa shape index (κ1) is 8.37. The summed E-state index contributed by atoms with van der Waals surface area (Å²) in [5.74, 6) is 0. The number of aliphatic hydroxyl groups excluding tert-OH is 1. The number of benzene rings is 1. The molecule has 0 saturated carbocycles. The molecule has 1 aromatic rings. The lowest BCUT2D eigenvalue weighted by Gasteiger charge is -2.05. The summed E-state index contributed by atoms with van der Waals surface area (Å²) in [6.07, 6.45) is -0.741. The highest BCUT2D eigenvalue weighted by molar-refractivity contribution is 6.33. The van der Waals surface area contributed by atoms with E-state index in [4.69, 9.17) is 22.4 Å². The van der Waals surface area contributed by atoms with Crippen LogP contribution in [0.25, 0.3) is 0 Å².